The van der Waals surface area contributed by atoms with E-state index in [4.69, 9.17) is 0 Å². The number of benzene rings is 2. The first-order chi connectivity index (χ1) is 10.3. The monoisotopic (exact) mass is 319 g/mol. The molecular formula is C17H21NO3S. The van der Waals surface area contributed by atoms with Gasteiger partial charge in [0.25, 0.3) is 0 Å². The summed E-state index contributed by atoms with van der Waals surface area (Å²) in [5, 5.41) is 10.4. The van der Waals surface area contributed by atoms with E-state index in [2.05, 4.69) is 4.72 Å². The fraction of sp³-hybridized carbons (Fsp3) is 0.294. The van der Waals surface area contributed by atoms with Gasteiger partial charge in [0.05, 0.1) is 5.75 Å². The number of aryl methyl sites for hydroxylation is 1. The van der Waals surface area contributed by atoms with Crippen LogP contribution in [0.15, 0.2) is 54.6 Å². The predicted molar refractivity (Wildman–Crippen MR) is 87.8 cm³/mol. The first-order valence-corrected chi connectivity index (χ1v) is 8.74. The predicted octanol–water partition coefficient (Wildman–Crippen LogP) is 2.32. The van der Waals surface area contributed by atoms with Crippen LogP contribution in [0.2, 0.25) is 0 Å². The van der Waals surface area contributed by atoms with E-state index < -0.39 is 15.6 Å². The van der Waals surface area contributed by atoms with Crippen molar-refractivity contribution in [2.24, 2.45) is 0 Å². The Labute approximate surface area is 131 Å². The Balaban J connectivity index is 2.02. The molecule has 2 rings (SSSR count). The fourth-order valence-corrected chi connectivity index (χ4v) is 3.34. The van der Waals surface area contributed by atoms with E-state index in [1.165, 1.54) is 0 Å². The van der Waals surface area contributed by atoms with Crippen molar-refractivity contribution in [2.75, 3.05) is 6.54 Å². The lowest BCUT2D eigenvalue weighted by atomic mass is 9.97. The van der Waals surface area contributed by atoms with Crippen LogP contribution in [-0.4, -0.2) is 20.1 Å². The molecule has 2 aromatic rings. The Morgan fingerprint density at radius 2 is 1.64 bits per heavy atom. The summed E-state index contributed by atoms with van der Waals surface area (Å²) in [6.07, 6.45) is 0. The molecule has 0 amide bonds. The lowest BCUT2D eigenvalue weighted by Crippen LogP contribution is -2.39. The Morgan fingerprint density at radius 3 is 2.23 bits per heavy atom. The molecule has 118 valence electrons. The van der Waals surface area contributed by atoms with Crippen molar-refractivity contribution in [1.82, 2.24) is 4.72 Å². The van der Waals surface area contributed by atoms with Crippen LogP contribution in [0.4, 0.5) is 0 Å². The molecule has 4 nitrogen and oxygen atoms in total. The van der Waals surface area contributed by atoms with Crippen LogP contribution in [0.25, 0.3) is 0 Å². The van der Waals surface area contributed by atoms with Gasteiger partial charge in [-0.05, 0) is 25.0 Å². The zero-order valence-corrected chi connectivity index (χ0v) is 13.6. The fourth-order valence-electron chi connectivity index (χ4n) is 2.10. The number of sulfonamides is 1. The molecule has 0 fully saturated rings. The quantitative estimate of drug-likeness (QED) is 0.859. The molecule has 0 bridgehead atoms. The van der Waals surface area contributed by atoms with Gasteiger partial charge in [-0.1, -0.05) is 60.2 Å². The lowest BCUT2D eigenvalue weighted by Gasteiger charge is -2.24. The van der Waals surface area contributed by atoms with E-state index in [0.717, 1.165) is 11.1 Å². The average Bonchev–Trinajstić information content (AvgIpc) is 2.49. The Kier molecular flexibility index (Phi) is 5.01. The number of hydrogen-bond acceptors (Lipinski definition) is 3. The molecule has 1 unspecified atom stereocenters. The maximum Gasteiger partial charge on any atom is 0.215 e. The van der Waals surface area contributed by atoms with E-state index in [1.807, 2.05) is 37.3 Å². The van der Waals surface area contributed by atoms with Crippen LogP contribution in [0, 0.1) is 6.92 Å². The van der Waals surface area contributed by atoms with Crippen LogP contribution in [0.1, 0.15) is 23.6 Å². The summed E-state index contributed by atoms with van der Waals surface area (Å²) in [6, 6.07) is 16.4. The third kappa shape index (κ3) is 4.66. The van der Waals surface area contributed by atoms with Crippen LogP contribution in [0.5, 0.6) is 0 Å². The SMILES string of the molecule is Cc1ccc(CS(=O)(=O)NCC(C)(O)c2ccccc2)cc1. The van der Waals surface area contributed by atoms with E-state index in [1.54, 1.807) is 31.2 Å². The van der Waals surface area contributed by atoms with E-state index >= 15 is 0 Å². The summed E-state index contributed by atoms with van der Waals surface area (Å²) >= 11 is 0. The van der Waals surface area contributed by atoms with Gasteiger partial charge in [-0.3, -0.25) is 0 Å². The molecule has 1 atom stereocenters. The van der Waals surface area contributed by atoms with Gasteiger partial charge >= 0.3 is 0 Å². The first kappa shape index (κ1) is 16.7. The highest BCUT2D eigenvalue weighted by atomic mass is 32.2. The molecule has 0 aliphatic carbocycles. The minimum Gasteiger partial charge on any atom is -0.384 e. The van der Waals surface area contributed by atoms with Crippen molar-refractivity contribution < 1.29 is 13.5 Å². The van der Waals surface area contributed by atoms with Crippen molar-refractivity contribution in [3.63, 3.8) is 0 Å². The Morgan fingerprint density at radius 1 is 1.05 bits per heavy atom. The molecule has 0 heterocycles. The molecule has 0 aliphatic heterocycles. The third-order valence-electron chi connectivity index (χ3n) is 3.51. The van der Waals surface area contributed by atoms with Gasteiger partial charge in [0, 0.05) is 6.54 Å². The second-order valence-corrected chi connectivity index (χ2v) is 7.51. The van der Waals surface area contributed by atoms with Gasteiger partial charge in [-0.2, -0.15) is 0 Å². The minimum absolute atomic E-state index is 0.0643. The Hall–Kier alpha value is -1.69. The molecule has 0 saturated heterocycles. The standard InChI is InChI=1S/C17H21NO3S/c1-14-8-10-15(11-9-14)12-22(20,21)18-13-17(2,19)16-6-4-3-5-7-16/h3-11,18-19H,12-13H2,1-2H3. The van der Waals surface area contributed by atoms with Crippen LogP contribution in [-0.2, 0) is 21.4 Å². The third-order valence-corrected chi connectivity index (χ3v) is 4.81. The van der Waals surface area contributed by atoms with Crippen LogP contribution >= 0.6 is 0 Å². The van der Waals surface area contributed by atoms with Gasteiger partial charge < -0.3 is 5.11 Å². The van der Waals surface area contributed by atoms with E-state index in [0.29, 0.717) is 5.56 Å². The number of rotatable bonds is 6. The first-order valence-electron chi connectivity index (χ1n) is 7.09. The zero-order chi connectivity index (χ0) is 16.2. The summed E-state index contributed by atoms with van der Waals surface area (Å²) in [7, 11) is -3.50. The van der Waals surface area contributed by atoms with Crippen LogP contribution in [0.3, 0.4) is 0 Å². The van der Waals surface area contributed by atoms with Crippen molar-refractivity contribution in [3.8, 4) is 0 Å². The molecule has 0 radical (unpaired) electrons. The van der Waals surface area contributed by atoms with Crippen molar-refractivity contribution >= 4 is 10.0 Å². The summed E-state index contributed by atoms with van der Waals surface area (Å²) < 4.78 is 26.8. The highest BCUT2D eigenvalue weighted by Gasteiger charge is 2.25. The number of nitrogens with one attached hydrogen (secondary N) is 1. The summed E-state index contributed by atoms with van der Waals surface area (Å²) in [5.74, 6) is -0.0991. The van der Waals surface area contributed by atoms with Gasteiger partial charge in [-0.25, -0.2) is 13.1 Å². The minimum atomic E-state index is -3.50. The number of hydrogen-bond donors (Lipinski definition) is 2. The van der Waals surface area contributed by atoms with Gasteiger partial charge in [-0.15, -0.1) is 0 Å². The van der Waals surface area contributed by atoms with Crippen molar-refractivity contribution in [2.45, 2.75) is 25.2 Å². The van der Waals surface area contributed by atoms with Gasteiger partial charge in [0.1, 0.15) is 5.60 Å². The van der Waals surface area contributed by atoms with Gasteiger partial charge in [0.2, 0.25) is 10.0 Å². The molecular weight excluding hydrogens is 298 g/mol. The number of aliphatic hydroxyl groups is 1. The summed E-state index contributed by atoms with van der Waals surface area (Å²) in [4.78, 5) is 0. The normalized spacial score (nSPS) is 14.5. The van der Waals surface area contributed by atoms with E-state index in [9.17, 15) is 13.5 Å². The maximum atomic E-state index is 12.1. The van der Waals surface area contributed by atoms with Crippen molar-refractivity contribution in [3.05, 3.63) is 71.3 Å². The molecule has 0 saturated carbocycles. The molecule has 2 aromatic carbocycles. The van der Waals surface area contributed by atoms with E-state index in [-0.39, 0.29) is 12.3 Å². The average molecular weight is 319 g/mol. The highest BCUT2D eigenvalue weighted by molar-refractivity contribution is 7.88. The van der Waals surface area contributed by atoms with Crippen molar-refractivity contribution in [1.29, 1.82) is 0 Å². The molecule has 0 aliphatic rings. The molecule has 22 heavy (non-hydrogen) atoms. The lowest BCUT2D eigenvalue weighted by molar-refractivity contribution is 0.0627. The Bertz CT molecular complexity index is 707. The van der Waals surface area contributed by atoms with Crippen LogP contribution < -0.4 is 4.72 Å². The second-order valence-electron chi connectivity index (χ2n) is 5.71. The topological polar surface area (TPSA) is 66.4 Å². The summed E-state index contributed by atoms with van der Waals surface area (Å²) in [5.41, 5.74) is 1.23. The molecule has 0 spiro atoms. The smallest absolute Gasteiger partial charge is 0.215 e. The summed E-state index contributed by atoms with van der Waals surface area (Å²) in [6.45, 7) is 3.48. The zero-order valence-electron chi connectivity index (χ0n) is 12.8. The largest absolute Gasteiger partial charge is 0.384 e. The molecule has 0 aromatic heterocycles. The maximum absolute atomic E-state index is 12.1. The second kappa shape index (κ2) is 6.60. The van der Waals surface area contributed by atoms with Gasteiger partial charge in [0.15, 0.2) is 0 Å². The molecule has 2 N–H and O–H groups in total. The highest BCUT2D eigenvalue weighted by Crippen LogP contribution is 2.19. The molecule has 5 heteroatoms.